The molecule has 1 heterocycles. The summed E-state index contributed by atoms with van der Waals surface area (Å²) in [6.07, 6.45) is 1.03. The molecule has 0 aliphatic carbocycles. The Morgan fingerprint density at radius 2 is 1.70 bits per heavy atom. The first-order valence-electron chi connectivity index (χ1n) is 10.2. The van der Waals surface area contributed by atoms with Crippen molar-refractivity contribution in [1.29, 1.82) is 0 Å². The fourth-order valence-electron chi connectivity index (χ4n) is 3.70. The summed E-state index contributed by atoms with van der Waals surface area (Å²) in [7, 11) is -2.02. The zero-order valence-corrected chi connectivity index (χ0v) is 18.8. The van der Waals surface area contributed by atoms with Gasteiger partial charge in [0.25, 0.3) is 0 Å². The van der Waals surface area contributed by atoms with Crippen LogP contribution in [0.15, 0.2) is 47.4 Å². The van der Waals surface area contributed by atoms with Crippen molar-refractivity contribution in [2.45, 2.75) is 44.6 Å². The topological polar surface area (TPSA) is 75.7 Å². The molecule has 3 rings (SSSR count). The number of carbonyl (C=O) groups excluding carboxylic acids is 1. The Labute approximate surface area is 179 Å². The Balaban J connectivity index is 1.58. The Hall–Kier alpha value is -2.38. The van der Waals surface area contributed by atoms with E-state index >= 15 is 0 Å². The van der Waals surface area contributed by atoms with Crippen molar-refractivity contribution in [3.8, 4) is 5.75 Å². The molecule has 0 bridgehead atoms. The Morgan fingerprint density at radius 1 is 1.07 bits per heavy atom. The molecule has 1 atom stereocenters. The minimum absolute atomic E-state index is 0.0118. The highest BCUT2D eigenvalue weighted by Crippen LogP contribution is 2.26. The molecule has 1 saturated heterocycles. The van der Waals surface area contributed by atoms with E-state index in [0.717, 1.165) is 5.56 Å². The van der Waals surface area contributed by atoms with Crippen molar-refractivity contribution in [3.05, 3.63) is 59.2 Å². The molecule has 7 heteroatoms. The number of piperidine rings is 1. The molecular weight excluding hydrogens is 400 g/mol. The maximum absolute atomic E-state index is 12.9. The van der Waals surface area contributed by atoms with Crippen molar-refractivity contribution in [1.82, 2.24) is 9.62 Å². The summed E-state index contributed by atoms with van der Waals surface area (Å²) in [5, 5.41) is 3.09. The van der Waals surface area contributed by atoms with Crippen molar-refractivity contribution < 1.29 is 17.9 Å². The SMILES string of the molecule is COc1ccc(S(=O)(=O)N2CCC(C(=O)N[C@H](C)c3ccc(C)c(C)c3)CC2)cc1. The number of hydrogen-bond donors (Lipinski definition) is 1. The van der Waals surface area contributed by atoms with E-state index in [2.05, 4.69) is 31.3 Å². The quantitative estimate of drug-likeness (QED) is 0.760. The third-order valence-electron chi connectivity index (χ3n) is 5.91. The summed E-state index contributed by atoms with van der Waals surface area (Å²) in [4.78, 5) is 13.0. The number of nitrogens with zero attached hydrogens (tertiary/aromatic N) is 1. The van der Waals surface area contributed by atoms with Crippen molar-refractivity contribution in [3.63, 3.8) is 0 Å². The molecule has 0 spiro atoms. The fourth-order valence-corrected chi connectivity index (χ4v) is 5.17. The zero-order chi connectivity index (χ0) is 21.9. The smallest absolute Gasteiger partial charge is 0.243 e. The summed E-state index contributed by atoms with van der Waals surface area (Å²) in [6.45, 7) is 6.78. The summed E-state index contributed by atoms with van der Waals surface area (Å²) >= 11 is 0. The number of ether oxygens (including phenoxy) is 1. The number of methoxy groups -OCH3 is 1. The highest BCUT2D eigenvalue weighted by molar-refractivity contribution is 7.89. The molecule has 2 aromatic carbocycles. The molecule has 2 aromatic rings. The maximum Gasteiger partial charge on any atom is 0.243 e. The van der Waals surface area contributed by atoms with Crippen LogP contribution in [-0.2, 0) is 14.8 Å². The van der Waals surface area contributed by atoms with E-state index in [1.807, 2.05) is 13.0 Å². The van der Waals surface area contributed by atoms with Gasteiger partial charge in [0.15, 0.2) is 0 Å². The van der Waals surface area contributed by atoms with Crippen molar-refractivity contribution in [2.75, 3.05) is 20.2 Å². The molecule has 30 heavy (non-hydrogen) atoms. The van der Waals surface area contributed by atoms with E-state index < -0.39 is 10.0 Å². The molecule has 1 aliphatic heterocycles. The predicted molar refractivity (Wildman–Crippen MR) is 117 cm³/mol. The van der Waals surface area contributed by atoms with Crippen LogP contribution in [0.25, 0.3) is 0 Å². The van der Waals surface area contributed by atoms with E-state index in [9.17, 15) is 13.2 Å². The van der Waals surface area contributed by atoms with Crippen LogP contribution < -0.4 is 10.1 Å². The molecule has 0 unspecified atom stereocenters. The predicted octanol–water partition coefficient (Wildman–Crippen LogP) is 3.59. The van der Waals surface area contributed by atoms with Gasteiger partial charge >= 0.3 is 0 Å². The van der Waals surface area contributed by atoms with Gasteiger partial charge in [0.1, 0.15) is 5.75 Å². The number of aryl methyl sites for hydroxylation is 2. The first-order valence-corrected chi connectivity index (χ1v) is 11.7. The standard InChI is InChI=1S/C23H30N2O4S/c1-16-5-6-20(15-17(16)2)18(3)24-23(26)19-11-13-25(14-12-19)30(27,28)22-9-7-21(29-4)8-10-22/h5-10,15,18-19H,11-14H2,1-4H3,(H,24,26)/t18-/m1/s1. The van der Waals surface area contributed by atoms with Gasteiger partial charge in [0.2, 0.25) is 15.9 Å². The van der Waals surface area contributed by atoms with Crippen LogP contribution >= 0.6 is 0 Å². The average molecular weight is 431 g/mol. The lowest BCUT2D eigenvalue weighted by Gasteiger charge is -2.31. The van der Waals surface area contributed by atoms with E-state index in [4.69, 9.17) is 4.74 Å². The first kappa shape index (κ1) is 22.3. The van der Waals surface area contributed by atoms with Gasteiger partial charge in [-0.25, -0.2) is 8.42 Å². The molecule has 6 nitrogen and oxygen atoms in total. The molecular formula is C23H30N2O4S. The van der Waals surface area contributed by atoms with Crippen LogP contribution in [0.1, 0.15) is 42.5 Å². The third-order valence-corrected chi connectivity index (χ3v) is 7.82. The molecule has 1 fully saturated rings. The molecule has 0 radical (unpaired) electrons. The van der Waals surface area contributed by atoms with Crippen LogP contribution in [0.4, 0.5) is 0 Å². The van der Waals surface area contributed by atoms with Crippen molar-refractivity contribution in [2.24, 2.45) is 5.92 Å². The first-order chi connectivity index (χ1) is 14.2. The van der Waals surface area contributed by atoms with Gasteiger partial charge in [-0.1, -0.05) is 18.2 Å². The second-order valence-corrected chi connectivity index (χ2v) is 9.87. The minimum Gasteiger partial charge on any atom is -0.497 e. The van der Waals surface area contributed by atoms with E-state index in [0.29, 0.717) is 31.7 Å². The lowest BCUT2D eigenvalue weighted by atomic mass is 9.96. The third kappa shape index (κ3) is 4.84. The molecule has 1 amide bonds. The highest BCUT2D eigenvalue weighted by Gasteiger charge is 2.32. The van der Waals surface area contributed by atoms with Gasteiger partial charge in [-0.2, -0.15) is 4.31 Å². The second kappa shape index (κ2) is 9.18. The lowest BCUT2D eigenvalue weighted by Crippen LogP contribution is -2.43. The van der Waals surface area contributed by atoms with Gasteiger partial charge in [-0.3, -0.25) is 4.79 Å². The zero-order valence-electron chi connectivity index (χ0n) is 18.0. The largest absolute Gasteiger partial charge is 0.497 e. The fraction of sp³-hybridized carbons (Fsp3) is 0.435. The van der Waals surface area contributed by atoms with Crippen LogP contribution in [0.5, 0.6) is 5.75 Å². The van der Waals surface area contributed by atoms with E-state index in [-0.39, 0.29) is 22.8 Å². The number of amides is 1. The molecule has 1 N–H and O–H groups in total. The Kier molecular flexibility index (Phi) is 6.83. The summed E-state index contributed by atoms with van der Waals surface area (Å²) in [5.41, 5.74) is 3.50. The van der Waals surface area contributed by atoms with Gasteiger partial charge in [-0.15, -0.1) is 0 Å². The van der Waals surface area contributed by atoms with Crippen LogP contribution in [0, 0.1) is 19.8 Å². The number of rotatable bonds is 6. The second-order valence-electron chi connectivity index (χ2n) is 7.93. The van der Waals surface area contributed by atoms with Crippen LogP contribution in [0.2, 0.25) is 0 Å². The Morgan fingerprint density at radius 3 is 2.27 bits per heavy atom. The molecule has 162 valence electrons. The summed E-state index contributed by atoms with van der Waals surface area (Å²) in [6, 6.07) is 12.5. The number of carbonyl (C=O) groups is 1. The highest BCUT2D eigenvalue weighted by atomic mass is 32.2. The average Bonchev–Trinajstić information content (AvgIpc) is 2.75. The number of nitrogens with one attached hydrogen (secondary N) is 1. The van der Waals surface area contributed by atoms with Crippen LogP contribution in [0.3, 0.4) is 0 Å². The Bertz CT molecular complexity index is 994. The van der Waals surface area contributed by atoms with Crippen molar-refractivity contribution >= 4 is 15.9 Å². The van der Waals surface area contributed by atoms with E-state index in [1.165, 1.54) is 15.4 Å². The van der Waals surface area contributed by atoms with Gasteiger partial charge in [-0.05, 0) is 74.6 Å². The number of sulfonamides is 1. The van der Waals surface area contributed by atoms with Gasteiger partial charge in [0, 0.05) is 19.0 Å². The molecule has 1 aliphatic rings. The lowest BCUT2D eigenvalue weighted by molar-refractivity contribution is -0.126. The molecule has 0 aromatic heterocycles. The maximum atomic E-state index is 12.9. The van der Waals surface area contributed by atoms with Crippen LogP contribution in [-0.4, -0.2) is 38.8 Å². The monoisotopic (exact) mass is 430 g/mol. The van der Waals surface area contributed by atoms with Gasteiger partial charge < -0.3 is 10.1 Å². The summed E-state index contributed by atoms with van der Waals surface area (Å²) < 4.78 is 32.3. The van der Waals surface area contributed by atoms with E-state index in [1.54, 1.807) is 31.4 Å². The minimum atomic E-state index is -3.56. The number of benzene rings is 2. The number of hydrogen-bond acceptors (Lipinski definition) is 4. The normalized spacial score (nSPS) is 16.8. The summed E-state index contributed by atoms with van der Waals surface area (Å²) in [5.74, 6) is 0.422. The van der Waals surface area contributed by atoms with Gasteiger partial charge in [0.05, 0.1) is 18.0 Å². The molecule has 0 saturated carbocycles.